The molecule has 7 heteroatoms. The van der Waals surface area contributed by atoms with Crippen LogP contribution in [0.25, 0.3) is 0 Å². The summed E-state index contributed by atoms with van der Waals surface area (Å²) in [5.74, 6) is 0. The van der Waals surface area contributed by atoms with Gasteiger partial charge in [0.1, 0.15) is 0 Å². The van der Waals surface area contributed by atoms with E-state index in [4.69, 9.17) is 0 Å². The van der Waals surface area contributed by atoms with Gasteiger partial charge in [-0.15, -0.1) is 10.2 Å². The van der Waals surface area contributed by atoms with Gasteiger partial charge in [0, 0.05) is 11.1 Å². The highest BCUT2D eigenvalue weighted by Gasteiger charge is 2.15. The topological polar surface area (TPSA) is 59.9 Å². The minimum Gasteiger partial charge on any atom is -0.281 e. The number of aromatic nitrogens is 2. The number of thioether (sulfide) groups is 2. The highest BCUT2D eigenvalue weighted by atomic mass is 32.2. The normalized spacial score (nSPS) is 10.6. The molecule has 0 aliphatic rings. The van der Waals surface area contributed by atoms with Crippen molar-refractivity contribution in [2.45, 2.75) is 22.5 Å². The number of carbonyl (C=O) groups excluding carboxylic acids is 2. The predicted octanol–water partition coefficient (Wildman–Crippen LogP) is 5.02. The Hall–Kier alpha value is -1.96. The van der Waals surface area contributed by atoms with E-state index in [9.17, 15) is 9.59 Å². The van der Waals surface area contributed by atoms with Crippen LogP contribution in [-0.4, -0.2) is 20.4 Å². The average molecular weight is 387 g/mol. The van der Waals surface area contributed by atoms with E-state index >= 15 is 0 Å². The van der Waals surface area contributed by atoms with Gasteiger partial charge in [0.25, 0.3) is 0 Å². The second-order valence-corrected chi connectivity index (χ2v) is 8.76. The number of hydrogen-bond acceptors (Lipinski definition) is 7. The third-order valence-electron chi connectivity index (χ3n) is 3.32. The first kappa shape index (κ1) is 17.8. The zero-order chi connectivity index (χ0) is 17.8. The molecular formula is C18H14N2O2S3. The van der Waals surface area contributed by atoms with Gasteiger partial charge in [0.05, 0.1) is 0 Å². The van der Waals surface area contributed by atoms with Gasteiger partial charge in [-0.25, -0.2) is 0 Å². The van der Waals surface area contributed by atoms with E-state index in [1.807, 2.05) is 38.1 Å². The van der Waals surface area contributed by atoms with Crippen molar-refractivity contribution in [2.75, 3.05) is 0 Å². The maximum absolute atomic E-state index is 12.2. The summed E-state index contributed by atoms with van der Waals surface area (Å²) < 4.78 is 1.06. The van der Waals surface area contributed by atoms with Gasteiger partial charge in [0.15, 0.2) is 8.68 Å². The van der Waals surface area contributed by atoms with Crippen LogP contribution in [0.15, 0.2) is 57.2 Å². The molecule has 3 aromatic rings. The molecule has 126 valence electrons. The lowest BCUT2D eigenvalue weighted by Crippen LogP contribution is -1.92. The van der Waals surface area contributed by atoms with E-state index in [2.05, 4.69) is 10.2 Å². The summed E-state index contributed by atoms with van der Waals surface area (Å²) in [5.41, 5.74) is 3.45. The quantitative estimate of drug-likeness (QED) is 0.587. The summed E-state index contributed by atoms with van der Waals surface area (Å²) in [6.45, 7) is 3.95. The molecule has 4 nitrogen and oxygen atoms in total. The zero-order valence-electron chi connectivity index (χ0n) is 13.6. The van der Waals surface area contributed by atoms with Crippen molar-refractivity contribution in [1.29, 1.82) is 0 Å². The number of nitrogens with zero attached hydrogens (tertiary/aromatic N) is 2. The van der Waals surface area contributed by atoms with Crippen molar-refractivity contribution in [1.82, 2.24) is 10.2 Å². The highest BCUT2D eigenvalue weighted by Crippen LogP contribution is 2.32. The van der Waals surface area contributed by atoms with Crippen molar-refractivity contribution in [3.63, 3.8) is 0 Å². The van der Waals surface area contributed by atoms with E-state index < -0.39 is 0 Å². The van der Waals surface area contributed by atoms with Crippen molar-refractivity contribution >= 4 is 45.1 Å². The van der Waals surface area contributed by atoms with Crippen LogP contribution < -0.4 is 0 Å². The molecule has 0 atom stereocenters. The van der Waals surface area contributed by atoms with Crippen LogP contribution in [0.3, 0.4) is 0 Å². The number of carbonyl (C=O) groups is 2. The van der Waals surface area contributed by atoms with Gasteiger partial charge in [-0.2, -0.15) is 0 Å². The Kier molecular flexibility index (Phi) is 5.67. The van der Waals surface area contributed by atoms with E-state index in [0.29, 0.717) is 19.8 Å². The molecule has 0 aliphatic carbocycles. The Labute approximate surface area is 158 Å². The van der Waals surface area contributed by atoms with Crippen molar-refractivity contribution in [3.8, 4) is 0 Å². The highest BCUT2D eigenvalue weighted by molar-refractivity contribution is 8.17. The fourth-order valence-corrected chi connectivity index (χ4v) is 4.66. The minimum atomic E-state index is -0.0856. The molecule has 0 bridgehead atoms. The summed E-state index contributed by atoms with van der Waals surface area (Å²) in [5, 5.41) is 7.82. The monoisotopic (exact) mass is 386 g/mol. The molecule has 0 radical (unpaired) electrons. The van der Waals surface area contributed by atoms with Gasteiger partial charge in [-0.05, 0) is 37.4 Å². The largest absolute Gasteiger partial charge is 0.281 e. The van der Waals surface area contributed by atoms with Crippen LogP contribution in [0.5, 0.6) is 0 Å². The summed E-state index contributed by atoms with van der Waals surface area (Å²) in [6.07, 6.45) is 0. The summed E-state index contributed by atoms with van der Waals surface area (Å²) >= 11 is 3.31. The Morgan fingerprint density at radius 1 is 0.720 bits per heavy atom. The van der Waals surface area contributed by atoms with Gasteiger partial charge in [-0.3, -0.25) is 9.59 Å². The summed E-state index contributed by atoms with van der Waals surface area (Å²) in [7, 11) is 0. The van der Waals surface area contributed by atoms with Crippen LogP contribution in [0.2, 0.25) is 0 Å². The third-order valence-corrected chi connectivity index (χ3v) is 6.19. The van der Waals surface area contributed by atoms with Gasteiger partial charge in [0.2, 0.25) is 10.2 Å². The second-order valence-electron chi connectivity index (χ2n) is 5.34. The lowest BCUT2D eigenvalue weighted by molar-refractivity contribution is 0.108. The molecular weight excluding hydrogens is 372 g/mol. The maximum atomic E-state index is 12.2. The van der Waals surface area contributed by atoms with E-state index in [0.717, 1.165) is 34.7 Å². The lowest BCUT2D eigenvalue weighted by Gasteiger charge is -1.98. The first-order valence-electron chi connectivity index (χ1n) is 7.42. The molecule has 25 heavy (non-hydrogen) atoms. The van der Waals surface area contributed by atoms with Crippen molar-refractivity contribution in [2.24, 2.45) is 0 Å². The molecule has 2 aromatic carbocycles. The number of benzene rings is 2. The zero-order valence-corrected chi connectivity index (χ0v) is 16.0. The molecule has 0 N–H and O–H groups in total. The lowest BCUT2D eigenvalue weighted by atomic mass is 10.2. The van der Waals surface area contributed by atoms with Gasteiger partial charge >= 0.3 is 0 Å². The van der Waals surface area contributed by atoms with Gasteiger partial charge < -0.3 is 0 Å². The van der Waals surface area contributed by atoms with E-state index in [1.54, 1.807) is 24.3 Å². The second kappa shape index (κ2) is 7.95. The molecule has 0 saturated heterocycles. The number of aryl methyl sites for hydroxylation is 2. The maximum Gasteiger partial charge on any atom is 0.226 e. The van der Waals surface area contributed by atoms with Crippen LogP contribution in [-0.2, 0) is 0 Å². The predicted molar refractivity (Wildman–Crippen MR) is 103 cm³/mol. The van der Waals surface area contributed by atoms with Crippen LogP contribution >= 0.6 is 34.9 Å². The van der Waals surface area contributed by atoms with Crippen LogP contribution in [0, 0.1) is 13.8 Å². The average Bonchev–Trinajstić information content (AvgIpc) is 3.02. The Bertz CT molecular complexity index is 829. The van der Waals surface area contributed by atoms with E-state index in [1.165, 1.54) is 11.3 Å². The molecule has 1 heterocycles. The molecule has 3 rings (SSSR count). The Morgan fingerprint density at radius 3 is 1.44 bits per heavy atom. The molecule has 0 saturated carbocycles. The summed E-state index contributed by atoms with van der Waals surface area (Å²) in [4.78, 5) is 24.5. The number of rotatable bonds is 4. The molecule has 0 fully saturated rings. The molecule has 0 aliphatic heterocycles. The minimum absolute atomic E-state index is 0.0856. The summed E-state index contributed by atoms with van der Waals surface area (Å²) in [6, 6.07) is 14.8. The fraction of sp³-hybridized carbons (Fsp3) is 0.111. The fourth-order valence-electron chi connectivity index (χ4n) is 1.94. The Balaban J connectivity index is 1.64. The van der Waals surface area contributed by atoms with Gasteiger partial charge in [-0.1, -0.05) is 71.0 Å². The first-order chi connectivity index (χ1) is 12.0. The van der Waals surface area contributed by atoms with Crippen molar-refractivity contribution < 1.29 is 9.59 Å². The third kappa shape index (κ3) is 4.78. The molecule has 0 unspecified atom stereocenters. The standard InChI is InChI=1S/C18H14N2O2S3/c1-11-3-7-13(8-4-11)15(21)23-17-19-20-18(25-17)24-16(22)14-9-5-12(2)6-10-14/h3-10H,1-2H3. The molecule has 1 aromatic heterocycles. The number of hydrogen-bond donors (Lipinski definition) is 0. The molecule has 0 amide bonds. The van der Waals surface area contributed by atoms with Crippen LogP contribution in [0.1, 0.15) is 31.8 Å². The van der Waals surface area contributed by atoms with Crippen molar-refractivity contribution in [3.05, 3.63) is 70.8 Å². The van der Waals surface area contributed by atoms with E-state index in [-0.39, 0.29) is 10.2 Å². The SMILES string of the molecule is Cc1ccc(C(=O)Sc2nnc(SC(=O)c3ccc(C)cc3)s2)cc1. The smallest absolute Gasteiger partial charge is 0.226 e. The Morgan fingerprint density at radius 2 is 1.08 bits per heavy atom. The van der Waals surface area contributed by atoms with Crippen LogP contribution in [0.4, 0.5) is 0 Å². The first-order valence-corrected chi connectivity index (χ1v) is 9.87. The molecule has 0 spiro atoms.